The zero-order valence-electron chi connectivity index (χ0n) is 5.10. The van der Waals surface area contributed by atoms with Gasteiger partial charge in [0.05, 0.1) is 0 Å². The summed E-state index contributed by atoms with van der Waals surface area (Å²) in [6.07, 6.45) is 0.476. The second-order valence-electron chi connectivity index (χ2n) is 1.84. The minimum Gasteiger partial charge on any atom is -0.300 e. The monoisotopic (exact) mass is 138 g/mol. The summed E-state index contributed by atoms with van der Waals surface area (Å²) in [5, 5.41) is 4.74. The second-order valence-corrected chi connectivity index (χ2v) is 2.51. The highest BCUT2D eigenvalue weighted by Crippen LogP contribution is 2.03. The Morgan fingerprint density at radius 2 is 2.67 bits per heavy atom. The fourth-order valence-corrected chi connectivity index (χ4v) is 1.10. The molecule has 0 amide bonds. The van der Waals surface area contributed by atoms with Gasteiger partial charge in [0.25, 0.3) is 0 Å². The zero-order valence-corrected chi connectivity index (χ0v) is 5.92. The average Bonchev–Trinajstić information content (AvgIpc) is 2.15. The first-order chi connectivity index (χ1) is 4.29. The van der Waals surface area contributed by atoms with E-state index in [-0.39, 0.29) is 5.78 Å². The van der Waals surface area contributed by atoms with Gasteiger partial charge < -0.3 is 0 Å². The molecular formula is C7H6OS. The molecule has 0 fully saturated rings. The van der Waals surface area contributed by atoms with Gasteiger partial charge in [-0.1, -0.05) is 0 Å². The summed E-state index contributed by atoms with van der Waals surface area (Å²) in [5.41, 5.74) is 0.882. The lowest BCUT2D eigenvalue weighted by Gasteiger charge is -1.85. The number of carbonyl (C=O) groups is 1. The fraction of sp³-hybridized carbons (Fsp3) is 0.286. The first-order valence-corrected chi connectivity index (χ1v) is 3.52. The molecule has 46 valence electrons. The van der Waals surface area contributed by atoms with Crippen LogP contribution in [0.5, 0.6) is 0 Å². The standard InChI is InChI=1S/C7H6OS/c1-6(8)4-7-2-3-9-5-7/h3H,4H2,1H3. The summed E-state index contributed by atoms with van der Waals surface area (Å²) in [5.74, 6) is 0.168. The summed E-state index contributed by atoms with van der Waals surface area (Å²) in [4.78, 5) is 10.5. The Kier molecular flexibility index (Phi) is 2.01. The predicted octanol–water partition coefficient (Wildman–Crippen LogP) is 1.48. The van der Waals surface area contributed by atoms with Gasteiger partial charge >= 0.3 is 0 Å². The maximum absolute atomic E-state index is 10.5. The number of Topliss-reactive ketones (excluding diaryl/α,β-unsaturated/α-hetero) is 1. The van der Waals surface area contributed by atoms with Crippen LogP contribution in [-0.2, 0) is 11.2 Å². The van der Waals surface area contributed by atoms with Gasteiger partial charge in [-0.25, -0.2) is 0 Å². The first-order valence-electron chi connectivity index (χ1n) is 2.64. The highest BCUT2D eigenvalue weighted by molar-refractivity contribution is 7.07. The minimum absolute atomic E-state index is 0.168. The molecule has 1 aromatic rings. The van der Waals surface area contributed by atoms with E-state index in [1.807, 2.05) is 0 Å². The maximum atomic E-state index is 10.5. The molecule has 0 saturated heterocycles. The Balaban J connectivity index is 2.58. The van der Waals surface area contributed by atoms with Crippen LogP contribution in [0, 0.1) is 11.4 Å². The Morgan fingerprint density at radius 3 is 3.11 bits per heavy atom. The van der Waals surface area contributed by atoms with E-state index in [1.165, 1.54) is 11.3 Å². The third kappa shape index (κ3) is 1.98. The molecule has 0 aliphatic carbocycles. The van der Waals surface area contributed by atoms with E-state index in [1.54, 1.807) is 12.3 Å². The molecule has 2 heteroatoms. The number of hydrogen-bond donors (Lipinski definition) is 0. The van der Waals surface area contributed by atoms with Crippen LogP contribution in [0.15, 0.2) is 5.38 Å². The Bertz CT molecular complexity index is 189. The molecule has 0 aliphatic rings. The lowest BCUT2D eigenvalue weighted by Crippen LogP contribution is -1.93. The summed E-state index contributed by atoms with van der Waals surface area (Å²) < 4.78 is 0. The third-order valence-electron chi connectivity index (χ3n) is 0.900. The van der Waals surface area contributed by atoms with E-state index < -0.39 is 0 Å². The maximum Gasteiger partial charge on any atom is 0.134 e. The van der Waals surface area contributed by atoms with Crippen molar-refractivity contribution in [3.05, 3.63) is 22.4 Å². The van der Waals surface area contributed by atoms with Gasteiger partial charge in [-0.2, -0.15) is 0 Å². The van der Waals surface area contributed by atoms with Crippen LogP contribution in [0.1, 0.15) is 12.5 Å². The van der Waals surface area contributed by atoms with Crippen molar-refractivity contribution >= 4 is 17.1 Å². The second kappa shape index (κ2) is 2.78. The van der Waals surface area contributed by atoms with Gasteiger partial charge in [0.1, 0.15) is 5.78 Å². The van der Waals surface area contributed by atoms with Crippen molar-refractivity contribution in [1.29, 1.82) is 0 Å². The molecule has 0 aromatic carbocycles. The lowest BCUT2D eigenvalue weighted by atomic mass is 10.2. The van der Waals surface area contributed by atoms with Crippen molar-refractivity contribution in [1.82, 2.24) is 0 Å². The average molecular weight is 138 g/mol. The third-order valence-corrected chi connectivity index (χ3v) is 1.50. The molecule has 0 atom stereocenters. The summed E-state index contributed by atoms with van der Waals surface area (Å²) in [6.45, 7) is 1.57. The molecule has 1 aromatic heterocycles. The van der Waals surface area contributed by atoms with Crippen LogP contribution in [-0.4, -0.2) is 5.78 Å². The molecule has 0 spiro atoms. The zero-order chi connectivity index (χ0) is 6.69. The summed E-state index contributed by atoms with van der Waals surface area (Å²) >= 11 is 1.45. The fourth-order valence-electron chi connectivity index (χ4n) is 0.567. The van der Waals surface area contributed by atoms with E-state index in [2.05, 4.69) is 11.4 Å². The Labute approximate surface area is 58.3 Å². The van der Waals surface area contributed by atoms with Crippen LogP contribution in [0.4, 0.5) is 0 Å². The summed E-state index contributed by atoms with van der Waals surface area (Å²) in [7, 11) is 0. The van der Waals surface area contributed by atoms with E-state index in [0.29, 0.717) is 6.42 Å². The molecule has 1 nitrogen and oxygen atoms in total. The molecular weight excluding hydrogens is 132 g/mol. The number of thiophene rings is 1. The van der Waals surface area contributed by atoms with Crippen molar-refractivity contribution in [2.24, 2.45) is 0 Å². The first kappa shape index (κ1) is 6.49. The summed E-state index contributed by atoms with van der Waals surface area (Å²) in [6, 6.07) is 2.91. The molecule has 0 unspecified atom stereocenters. The number of ketones is 1. The van der Waals surface area contributed by atoms with Crippen LogP contribution < -0.4 is 0 Å². The number of rotatable bonds is 2. The highest BCUT2D eigenvalue weighted by Gasteiger charge is 1.96. The van der Waals surface area contributed by atoms with E-state index in [9.17, 15) is 4.79 Å². The van der Waals surface area contributed by atoms with Crippen LogP contribution in [0.25, 0.3) is 0 Å². The van der Waals surface area contributed by atoms with Crippen molar-refractivity contribution in [2.75, 3.05) is 0 Å². The Morgan fingerprint density at radius 1 is 1.89 bits per heavy atom. The van der Waals surface area contributed by atoms with Crippen LogP contribution in [0.2, 0.25) is 0 Å². The van der Waals surface area contributed by atoms with Crippen molar-refractivity contribution < 1.29 is 4.79 Å². The lowest BCUT2D eigenvalue weighted by molar-refractivity contribution is -0.116. The number of hydrogen-bond acceptors (Lipinski definition) is 2. The molecule has 0 saturated carbocycles. The Hall–Kier alpha value is -0.630. The minimum atomic E-state index is 0.168. The molecule has 0 aliphatic heterocycles. The van der Waals surface area contributed by atoms with Crippen LogP contribution in [0.3, 0.4) is 0 Å². The van der Waals surface area contributed by atoms with E-state index >= 15 is 0 Å². The quantitative estimate of drug-likeness (QED) is 0.605. The molecule has 0 N–H and O–H groups in total. The number of carbonyl (C=O) groups excluding carboxylic acids is 1. The topological polar surface area (TPSA) is 17.1 Å². The van der Waals surface area contributed by atoms with Crippen molar-refractivity contribution in [3.63, 3.8) is 0 Å². The normalized spacial score (nSPS) is 9.44. The molecule has 0 bridgehead atoms. The van der Waals surface area contributed by atoms with E-state index in [0.717, 1.165) is 5.56 Å². The van der Waals surface area contributed by atoms with Gasteiger partial charge in [-0.05, 0) is 23.9 Å². The van der Waals surface area contributed by atoms with Crippen LogP contribution >= 0.6 is 11.3 Å². The van der Waals surface area contributed by atoms with Gasteiger partial charge in [0, 0.05) is 11.8 Å². The van der Waals surface area contributed by atoms with Gasteiger partial charge in [0.15, 0.2) is 0 Å². The molecule has 2 radical (unpaired) electrons. The van der Waals surface area contributed by atoms with Gasteiger partial charge in [0.2, 0.25) is 0 Å². The van der Waals surface area contributed by atoms with Gasteiger partial charge in [-0.3, -0.25) is 4.79 Å². The predicted molar refractivity (Wildman–Crippen MR) is 36.4 cm³/mol. The van der Waals surface area contributed by atoms with Crippen molar-refractivity contribution in [3.8, 4) is 0 Å². The van der Waals surface area contributed by atoms with Crippen molar-refractivity contribution in [2.45, 2.75) is 13.3 Å². The molecule has 9 heavy (non-hydrogen) atoms. The smallest absolute Gasteiger partial charge is 0.134 e. The van der Waals surface area contributed by atoms with E-state index in [4.69, 9.17) is 0 Å². The largest absolute Gasteiger partial charge is 0.300 e. The highest BCUT2D eigenvalue weighted by atomic mass is 32.1. The molecule has 1 heterocycles. The SMILES string of the molecule is CC(=O)Cc1[c]cs[c]1. The van der Waals surface area contributed by atoms with Gasteiger partial charge in [-0.15, -0.1) is 11.3 Å². The molecule has 1 rings (SSSR count).